The number of benzene rings is 1. The van der Waals surface area contributed by atoms with Gasteiger partial charge in [0.2, 0.25) is 6.79 Å². The number of ether oxygens (including phenoxy) is 2. The molecule has 7 heteroatoms. The number of hydrogen-bond acceptors (Lipinski definition) is 4. The number of rotatable bonds is 3. The Morgan fingerprint density at radius 3 is 3.10 bits per heavy atom. The van der Waals surface area contributed by atoms with Crippen molar-refractivity contribution >= 4 is 17.5 Å². The second-order valence-electron chi connectivity index (χ2n) is 4.39. The van der Waals surface area contributed by atoms with E-state index in [-0.39, 0.29) is 12.7 Å². The minimum absolute atomic E-state index is 0.119. The largest absolute Gasteiger partial charge is 0.454 e. The molecule has 1 aliphatic heterocycles. The number of amides is 1. The Morgan fingerprint density at radius 2 is 2.35 bits per heavy atom. The van der Waals surface area contributed by atoms with Gasteiger partial charge in [-0.3, -0.25) is 9.89 Å². The summed E-state index contributed by atoms with van der Waals surface area (Å²) in [6, 6.07) is 3.18. The van der Waals surface area contributed by atoms with Crippen molar-refractivity contribution in [1.82, 2.24) is 15.5 Å². The zero-order valence-corrected chi connectivity index (χ0v) is 11.5. The number of aromatic nitrogens is 2. The number of aromatic amines is 1. The molecule has 1 amide bonds. The van der Waals surface area contributed by atoms with E-state index in [1.807, 2.05) is 6.92 Å². The molecule has 6 nitrogen and oxygen atoms in total. The highest BCUT2D eigenvalue weighted by Crippen LogP contribution is 2.39. The van der Waals surface area contributed by atoms with E-state index in [0.717, 1.165) is 11.3 Å². The number of carbonyl (C=O) groups is 1. The summed E-state index contributed by atoms with van der Waals surface area (Å²) in [5.41, 5.74) is 2.29. The summed E-state index contributed by atoms with van der Waals surface area (Å²) in [5, 5.41) is 9.89. The zero-order chi connectivity index (χ0) is 14.1. The summed E-state index contributed by atoms with van der Waals surface area (Å²) in [4.78, 5) is 12.1. The fourth-order valence-corrected chi connectivity index (χ4v) is 2.20. The first-order valence-corrected chi connectivity index (χ1v) is 6.39. The van der Waals surface area contributed by atoms with Crippen LogP contribution in [0.25, 0.3) is 0 Å². The van der Waals surface area contributed by atoms with Crippen LogP contribution < -0.4 is 14.8 Å². The van der Waals surface area contributed by atoms with Crippen LogP contribution in [0, 0.1) is 6.92 Å². The molecular weight excluding hydrogens is 282 g/mol. The highest BCUT2D eigenvalue weighted by Gasteiger charge is 2.20. The van der Waals surface area contributed by atoms with Crippen LogP contribution in [0.15, 0.2) is 18.3 Å². The van der Waals surface area contributed by atoms with Gasteiger partial charge in [0, 0.05) is 23.4 Å². The Kier molecular flexibility index (Phi) is 3.23. The number of aryl methyl sites for hydroxylation is 1. The first-order chi connectivity index (χ1) is 9.65. The third kappa shape index (κ3) is 2.30. The number of nitrogens with zero attached hydrogens (tertiary/aromatic N) is 1. The molecule has 2 N–H and O–H groups in total. The molecule has 2 heterocycles. The fraction of sp³-hybridized carbons (Fsp3) is 0.231. The monoisotopic (exact) mass is 293 g/mol. The van der Waals surface area contributed by atoms with E-state index in [1.165, 1.54) is 0 Å². The van der Waals surface area contributed by atoms with Crippen LogP contribution in [0.1, 0.15) is 21.6 Å². The van der Waals surface area contributed by atoms with E-state index in [0.29, 0.717) is 28.6 Å². The number of H-pyrrole nitrogens is 1. The van der Waals surface area contributed by atoms with E-state index in [1.54, 1.807) is 18.3 Å². The van der Waals surface area contributed by atoms with E-state index < -0.39 is 0 Å². The van der Waals surface area contributed by atoms with Gasteiger partial charge in [0.1, 0.15) is 0 Å². The van der Waals surface area contributed by atoms with Crippen LogP contribution in [-0.4, -0.2) is 22.9 Å². The number of hydrogen-bond donors (Lipinski definition) is 2. The van der Waals surface area contributed by atoms with Crippen molar-refractivity contribution in [3.8, 4) is 11.5 Å². The van der Waals surface area contributed by atoms with E-state index in [9.17, 15) is 4.79 Å². The molecule has 0 radical (unpaired) electrons. The SMILES string of the molecule is Cc1[nH]ncc1CNC(=O)c1cc(Cl)c2c(c1)OCO2. The first kappa shape index (κ1) is 12.8. The van der Waals surface area contributed by atoms with Crippen molar-refractivity contribution in [2.24, 2.45) is 0 Å². The van der Waals surface area contributed by atoms with Gasteiger partial charge in [0.25, 0.3) is 5.91 Å². The minimum Gasteiger partial charge on any atom is -0.454 e. The molecule has 0 atom stereocenters. The standard InChI is InChI=1S/C13H12ClN3O3/c1-7-9(5-16-17-7)4-15-13(18)8-2-10(14)12-11(3-8)19-6-20-12/h2-3,5H,4,6H2,1H3,(H,15,18)(H,16,17). The molecule has 0 fully saturated rings. The highest BCUT2D eigenvalue weighted by atomic mass is 35.5. The number of nitrogens with one attached hydrogen (secondary N) is 2. The minimum atomic E-state index is -0.231. The summed E-state index contributed by atoms with van der Waals surface area (Å²) in [5.74, 6) is 0.738. The van der Waals surface area contributed by atoms with Gasteiger partial charge in [-0.05, 0) is 19.1 Å². The molecular formula is C13H12ClN3O3. The zero-order valence-electron chi connectivity index (χ0n) is 10.7. The maximum absolute atomic E-state index is 12.1. The van der Waals surface area contributed by atoms with Crippen LogP contribution in [0.5, 0.6) is 11.5 Å². The Hall–Kier alpha value is -2.21. The summed E-state index contributed by atoms with van der Waals surface area (Å²) in [6.07, 6.45) is 1.68. The average molecular weight is 294 g/mol. The van der Waals surface area contributed by atoms with Crippen molar-refractivity contribution in [2.75, 3.05) is 6.79 Å². The first-order valence-electron chi connectivity index (χ1n) is 6.01. The van der Waals surface area contributed by atoms with Crippen LogP contribution >= 0.6 is 11.6 Å². The van der Waals surface area contributed by atoms with Gasteiger partial charge < -0.3 is 14.8 Å². The number of halogens is 1. The lowest BCUT2D eigenvalue weighted by atomic mass is 10.2. The molecule has 0 bridgehead atoms. The lowest BCUT2D eigenvalue weighted by Gasteiger charge is -2.06. The molecule has 0 unspecified atom stereocenters. The Bertz CT molecular complexity index is 669. The van der Waals surface area contributed by atoms with Gasteiger partial charge in [0.15, 0.2) is 11.5 Å². The predicted molar refractivity (Wildman–Crippen MR) is 72.1 cm³/mol. The molecule has 1 aromatic heterocycles. The number of carbonyl (C=O) groups excluding carboxylic acids is 1. The highest BCUT2D eigenvalue weighted by molar-refractivity contribution is 6.32. The van der Waals surface area contributed by atoms with Crippen molar-refractivity contribution in [3.63, 3.8) is 0 Å². The summed E-state index contributed by atoms with van der Waals surface area (Å²) >= 11 is 6.04. The van der Waals surface area contributed by atoms with Crippen molar-refractivity contribution < 1.29 is 14.3 Å². The molecule has 0 spiro atoms. The number of fused-ring (bicyclic) bond motifs is 1. The third-order valence-corrected chi connectivity index (χ3v) is 3.34. The van der Waals surface area contributed by atoms with Crippen LogP contribution in [0.2, 0.25) is 5.02 Å². The van der Waals surface area contributed by atoms with Crippen LogP contribution in [0.4, 0.5) is 0 Å². The van der Waals surface area contributed by atoms with E-state index in [4.69, 9.17) is 21.1 Å². The van der Waals surface area contributed by atoms with E-state index in [2.05, 4.69) is 15.5 Å². The lowest BCUT2D eigenvalue weighted by Crippen LogP contribution is -2.22. The molecule has 2 aromatic rings. The Labute approximate surface area is 120 Å². The Morgan fingerprint density at radius 1 is 1.50 bits per heavy atom. The molecule has 104 valence electrons. The van der Waals surface area contributed by atoms with E-state index >= 15 is 0 Å². The topological polar surface area (TPSA) is 76.2 Å². The fourth-order valence-electron chi connectivity index (χ4n) is 1.93. The van der Waals surface area contributed by atoms with Gasteiger partial charge in [-0.1, -0.05) is 11.6 Å². The third-order valence-electron chi connectivity index (χ3n) is 3.06. The molecule has 1 aliphatic rings. The Balaban J connectivity index is 1.75. The molecule has 20 heavy (non-hydrogen) atoms. The molecule has 3 rings (SSSR count). The van der Waals surface area contributed by atoms with Gasteiger partial charge in [0.05, 0.1) is 11.2 Å². The second-order valence-corrected chi connectivity index (χ2v) is 4.80. The predicted octanol–water partition coefficient (Wildman–Crippen LogP) is 2.03. The molecule has 1 aromatic carbocycles. The lowest BCUT2D eigenvalue weighted by molar-refractivity contribution is 0.0950. The average Bonchev–Trinajstić information content (AvgIpc) is 3.05. The van der Waals surface area contributed by atoms with Gasteiger partial charge >= 0.3 is 0 Å². The van der Waals surface area contributed by atoms with Crippen LogP contribution in [0.3, 0.4) is 0 Å². The van der Waals surface area contributed by atoms with Gasteiger partial charge in [-0.25, -0.2) is 0 Å². The van der Waals surface area contributed by atoms with Crippen molar-refractivity contribution in [1.29, 1.82) is 0 Å². The summed E-state index contributed by atoms with van der Waals surface area (Å²) < 4.78 is 10.4. The maximum Gasteiger partial charge on any atom is 0.251 e. The second kappa shape index (κ2) is 5.05. The van der Waals surface area contributed by atoms with Gasteiger partial charge in [-0.2, -0.15) is 5.10 Å². The van der Waals surface area contributed by atoms with Crippen molar-refractivity contribution in [2.45, 2.75) is 13.5 Å². The molecule has 0 saturated carbocycles. The van der Waals surface area contributed by atoms with Crippen LogP contribution in [-0.2, 0) is 6.54 Å². The molecule has 0 aliphatic carbocycles. The normalized spacial score (nSPS) is 12.5. The molecule has 0 saturated heterocycles. The summed E-state index contributed by atoms with van der Waals surface area (Å²) in [7, 11) is 0. The quantitative estimate of drug-likeness (QED) is 0.908. The maximum atomic E-state index is 12.1. The smallest absolute Gasteiger partial charge is 0.251 e. The van der Waals surface area contributed by atoms with Crippen molar-refractivity contribution in [3.05, 3.63) is 40.2 Å². The summed E-state index contributed by atoms with van der Waals surface area (Å²) in [6.45, 7) is 2.41. The van der Waals surface area contributed by atoms with Gasteiger partial charge in [-0.15, -0.1) is 0 Å².